The van der Waals surface area contributed by atoms with Gasteiger partial charge in [-0.15, -0.1) is 0 Å². The number of hydrogen-bond acceptors (Lipinski definition) is 5. The van der Waals surface area contributed by atoms with Gasteiger partial charge in [-0.25, -0.2) is 0 Å². The molecule has 5 nitrogen and oxygen atoms in total. The molecular formula is C21H25BrO5. The number of phenols is 1. The Labute approximate surface area is 167 Å². The first-order valence-corrected chi connectivity index (χ1v) is 10.1. The van der Waals surface area contributed by atoms with Crippen LogP contribution < -0.4 is 0 Å². The zero-order valence-electron chi connectivity index (χ0n) is 16.2. The van der Waals surface area contributed by atoms with Crippen molar-refractivity contribution in [2.45, 2.75) is 65.1 Å². The molecule has 4 bridgehead atoms. The summed E-state index contributed by atoms with van der Waals surface area (Å²) >= 11 is 3.41. The van der Waals surface area contributed by atoms with Gasteiger partial charge in [-0.05, 0) is 52.7 Å². The maximum atomic E-state index is 13.6. The number of phenolic OH excluding ortho intramolecular Hbond substituents is 1. The number of ether oxygens (including phenoxy) is 1. The van der Waals surface area contributed by atoms with E-state index in [9.17, 15) is 19.8 Å². The van der Waals surface area contributed by atoms with E-state index in [0.717, 1.165) is 17.5 Å². The molecule has 0 heterocycles. The third-order valence-corrected chi connectivity index (χ3v) is 8.61. The van der Waals surface area contributed by atoms with Crippen molar-refractivity contribution in [2.24, 2.45) is 16.7 Å². The fraction of sp³-hybridized carbons (Fsp3) is 0.619. The maximum absolute atomic E-state index is 13.6. The third-order valence-electron chi connectivity index (χ3n) is 7.60. The molecule has 0 radical (unpaired) electrons. The first-order valence-electron chi connectivity index (χ1n) is 9.35. The number of aryl methyl sites for hydroxylation is 1. The molecule has 0 unspecified atom stereocenters. The smallest absolute Gasteiger partial charge is 0.303 e. The van der Waals surface area contributed by atoms with E-state index in [1.165, 1.54) is 6.92 Å². The van der Waals surface area contributed by atoms with E-state index in [0.29, 0.717) is 16.5 Å². The molecule has 2 saturated carbocycles. The van der Waals surface area contributed by atoms with E-state index < -0.39 is 28.5 Å². The van der Waals surface area contributed by atoms with Crippen LogP contribution in [0, 0.1) is 23.7 Å². The molecule has 27 heavy (non-hydrogen) atoms. The topological polar surface area (TPSA) is 83.8 Å². The van der Waals surface area contributed by atoms with Crippen LogP contribution in [-0.4, -0.2) is 28.1 Å². The van der Waals surface area contributed by atoms with Crippen LogP contribution in [-0.2, 0) is 19.9 Å². The first kappa shape index (κ1) is 18.9. The second kappa shape index (κ2) is 5.35. The molecule has 1 aromatic rings. The van der Waals surface area contributed by atoms with Gasteiger partial charge in [-0.2, -0.15) is 0 Å². The molecule has 146 valence electrons. The van der Waals surface area contributed by atoms with Gasteiger partial charge in [0.15, 0.2) is 11.9 Å². The second-order valence-electron chi connectivity index (χ2n) is 9.20. The van der Waals surface area contributed by atoms with Crippen molar-refractivity contribution in [1.82, 2.24) is 0 Å². The predicted octanol–water partition coefficient (Wildman–Crippen LogP) is 3.70. The molecule has 0 aromatic heterocycles. The minimum absolute atomic E-state index is 0.0458. The highest BCUT2D eigenvalue weighted by Gasteiger charge is 2.74. The minimum atomic E-state index is -1.80. The number of aliphatic hydroxyl groups is 1. The van der Waals surface area contributed by atoms with Gasteiger partial charge in [0.2, 0.25) is 0 Å². The van der Waals surface area contributed by atoms with Crippen molar-refractivity contribution in [2.75, 3.05) is 0 Å². The van der Waals surface area contributed by atoms with Crippen LogP contribution in [0.15, 0.2) is 10.5 Å². The molecule has 4 aliphatic rings. The van der Waals surface area contributed by atoms with Crippen LogP contribution >= 0.6 is 15.9 Å². The molecule has 4 aliphatic carbocycles. The van der Waals surface area contributed by atoms with E-state index in [2.05, 4.69) is 15.9 Å². The summed E-state index contributed by atoms with van der Waals surface area (Å²) in [5.74, 6) is -1.02. The lowest BCUT2D eigenvalue weighted by Gasteiger charge is -2.53. The van der Waals surface area contributed by atoms with Gasteiger partial charge in [0, 0.05) is 29.2 Å². The fourth-order valence-corrected chi connectivity index (χ4v) is 6.46. The number of carbonyl (C=O) groups excluding carboxylic acids is 2. The molecule has 6 heteroatoms. The van der Waals surface area contributed by atoms with Crippen molar-refractivity contribution in [3.05, 3.63) is 27.2 Å². The molecule has 5 atom stereocenters. The normalized spacial score (nSPS) is 38.5. The standard InChI is InChI=1S/C21H25BrO5/c1-9-8-11-13-12-6-7-20(13,5)17(25)18(27-10(2)23)21(26,19(12,3)4)14(11)16(24)15(9)22/h8,12-13,18,24,26H,6-7H2,1-5H3/t12-,13-,18-,20+,21+/m0/s1. The van der Waals surface area contributed by atoms with Crippen LogP contribution in [0.4, 0.5) is 0 Å². The minimum Gasteiger partial charge on any atom is -0.506 e. The summed E-state index contributed by atoms with van der Waals surface area (Å²) in [6.45, 7) is 8.88. The number of esters is 1. The van der Waals surface area contributed by atoms with Gasteiger partial charge in [-0.1, -0.05) is 26.8 Å². The quantitative estimate of drug-likeness (QED) is 0.655. The number of benzene rings is 1. The Kier molecular flexibility index (Phi) is 3.75. The van der Waals surface area contributed by atoms with Crippen molar-refractivity contribution in [3.8, 4) is 5.75 Å². The Balaban J connectivity index is 2.17. The monoisotopic (exact) mass is 436 g/mol. The van der Waals surface area contributed by atoms with Gasteiger partial charge >= 0.3 is 5.97 Å². The Bertz CT molecular complexity index is 891. The van der Waals surface area contributed by atoms with Gasteiger partial charge in [-0.3, -0.25) is 9.59 Å². The summed E-state index contributed by atoms with van der Waals surface area (Å²) in [7, 11) is 0. The van der Waals surface area contributed by atoms with Crippen LogP contribution in [0.25, 0.3) is 0 Å². The Morgan fingerprint density at radius 1 is 1.33 bits per heavy atom. The maximum Gasteiger partial charge on any atom is 0.303 e. The van der Waals surface area contributed by atoms with Crippen LogP contribution in [0.1, 0.15) is 63.1 Å². The number of carbonyl (C=O) groups is 2. The van der Waals surface area contributed by atoms with Crippen LogP contribution in [0.2, 0.25) is 0 Å². The summed E-state index contributed by atoms with van der Waals surface area (Å²) in [6, 6.07) is 1.96. The molecule has 5 rings (SSSR count). The van der Waals surface area contributed by atoms with Gasteiger partial charge in [0.1, 0.15) is 11.4 Å². The van der Waals surface area contributed by atoms with E-state index in [4.69, 9.17) is 4.74 Å². The molecule has 0 spiro atoms. The van der Waals surface area contributed by atoms with Crippen LogP contribution in [0.5, 0.6) is 5.75 Å². The van der Waals surface area contributed by atoms with Gasteiger partial charge in [0.05, 0.1) is 4.47 Å². The zero-order chi connectivity index (χ0) is 20.1. The average molecular weight is 437 g/mol. The highest BCUT2D eigenvalue weighted by Crippen LogP contribution is 2.72. The second-order valence-corrected chi connectivity index (χ2v) is 10.00. The summed E-state index contributed by atoms with van der Waals surface area (Å²) in [6.07, 6.45) is 0.141. The Hall–Kier alpha value is -1.40. The highest BCUT2D eigenvalue weighted by atomic mass is 79.9. The molecule has 0 saturated heterocycles. The van der Waals surface area contributed by atoms with E-state index in [-0.39, 0.29) is 23.4 Å². The third kappa shape index (κ3) is 1.98. The molecular weight excluding hydrogens is 412 g/mol. The van der Waals surface area contributed by atoms with Crippen molar-refractivity contribution >= 4 is 27.7 Å². The number of fused-ring (bicyclic) bond motifs is 1. The van der Waals surface area contributed by atoms with Gasteiger partial charge in [0.25, 0.3) is 0 Å². The summed E-state index contributed by atoms with van der Waals surface area (Å²) in [5.41, 5.74) is -1.32. The van der Waals surface area contributed by atoms with Crippen molar-refractivity contribution in [1.29, 1.82) is 0 Å². The average Bonchev–Trinajstić information content (AvgIpc) is 2.91. The molecule has 2 fully saturated rings. The summed E-state index contributed by atoms with van der Waals surface area (Å²) in [5, 5.41) is 23.1. The largest absolute Gasteiger partial charge is 0.506 e. The number of Topliss-reactive ketones (excluding diaryl/α,β-unsaturated/α-hetero) is 1. The van der Waals surface area contributed by atoms with Crippen molar-refractivity contribution < 1.29 is 24.5 Å². The Morgan fingerprint density at radius 2 is 1.96 bits per heavy atom. The number of hydrogen-bond donors (Lipinski definition) is 2. The summed E-state index contributed by atoms with van der Waals surface area (Å²) in [4.78, 5) is 25.5. The molecule has 0 aliphatic heterocycles. The number of rotatable bonds is 1. The number of halogens is 1. The lowest BCUT2D eigenvalue weighted by atomic mass is 9.54. The molecule has 2 N–H and O–H groups in total. The predicted molar refractivity (Wildman–Crippen MR) is 102 cm³/mol. The van der Waals surface area contributed by atoms with E-state index in [1.807, 2.05) is 33.8 Å². The highest BCUT2D eigenvalue weighted by molar-refractivity contribution is 9.10. The fourth-order valence-electron chi connectivity index (χ4n) is 6.15. The van der Waals surface area contributed by atoms with E-state index >= 15 is 0 Å². The van der Waals surface area contributed by atoms with E-state index in [1.54, 1.807) is 0 Å². The number of ketones is 1. The molecule has 1 aromatic carbocycles. The Morgan fingerprint density at radius 3 is 2.56 bits per heavy atom. The lowest BCUT2D eigenvalue weighted by Crippen LogP contribution is -2.59. The lowest BCUT2D eigenvalue weighted by molar-refractivity contribution is -0.201. The van der Waals surface area contributed by atoms with Gasteiger partial charge < -0.3 is 14.9 Å². The zero-order valence-corrected chi connectivity index (χ0v) is 17.8. The molecule has 0 amide bonds. The summed E-state index contributed by atoms with van der Waals surface area (Å²) < 4.78 is 5.98. The first-order chi connectivity index (χ1) is 12.4. The SMILES string of the molecule is CC(=O)O[C@H]1C(=O)[C@]2(C)CC[C@H]3[C@@H]2c2cc(C)c(Br)c(O)c2[C@]1(O)C3(C)C. The van der Waals surface area contributed by atoms with Crippen molar-refractivity contribution in [3.63, 3.8) is 0 Å². The number of aromatic hydroxyl groups is 1. The van der Waals surface area contributed by atoms with Crippen LogP contribution in [0.3, 0.4) is 0 Å².